The average Bonchev–Trinajstić information content (AvgIpc) is 0.883. The first-order valence-corrected chi connectivity index (χ1v) is 31.6. The summed E-state index contributed by atoms with van der Waals surface area (Å²) in [6, 6.07) is 15.3. The number of phenols is 2. The van der Waals surface area contributed by atoms with E-state index in [0.717, 1.165) is 36.4 Å². The molecule has 33 nitrogen and oxygen atoms in total. The monoisotopic (exact) mass is 1320 g/mol. The second-order valence-electron chi connectivity index (χ2n) is 17.6. The van der Waals surface area contributed by atoms with Gasteiger partial charge in [-0.1, -0.05) is 0 Å². The number of benzene rings is 6. The Morgan fingerprint density at radius 3 is 0.909 bits per heavy atom. The Bertz CT molecular complexity index is 3480. The fourth-order valence-corrected chi connectivity index (χ4v) is 9.33. The summed E-state index contributed by atoms with van der Waals surface area (Å²) >= 11 is 0. The van der Waals surface area contributed by atoms with E-state index < -0.39 is 89.0 Å². The first-order valence-electron chi connectivity index (χ1n) is 25.8. The van der Waals surface area contributed by atoms with Crippen molar-refractivity contribution in [2.45, 2.75) is 33.4 Å². The molecule has 0 saturated carbocycles. The number of anilines is 2. The molecule has 20 N–H and O–H groups in total. The number of amides is 2. The fraction of sp³-hybridized carbons (Fsp3) is 0.353. The molecule has 0 aliphatic rings. The molecule has 0 fully saturated rings. The number of phenolic OH excluding ortho intramolecular Hbond substituents is 2. The van der Waals surface area contributed by atoms with Gasteiger partial charge in [-0.2, -0.15) is 43.9 Å². The lowest BCUT2D eigenvalue weighted by molar-refractivity contribution is 0.262. The number of aromatic hydroxyl groups is 2. The molecule has 0 heterocycles. The Hall–Kier alpha value is -6.93. The minimum Gasteiger partial charge on any atom is -0.505 e. The van der Waals surface area contributed by atoms with Crippen molar-refractivity contribution < 1.29 is 108 Å². The summed E-state index contributed by atoms with van der Waals surface area (Å²) in [5.74, 6) is -1.46. The van der Waals surface area contributed by atoms with E-state index >= 15 is 0 Å². The van der Waals surface area contributed by atoms with Gasteiger partial charge in [-0.05, 0) is 121 Å². The van der Waals surface area contributed by atoms with Gasteiger partial charge in [0.2, 0.25) is 0 Å². The maximum absolute atomic E-state index is 13.1. The van der Waals surface area contributed by atoms with Crippen molar-refractivity contribution in [3.05, 3.63) is 96.1 Å². The maximum atomic E-state index is 13.1. The van der Waals surface area contributed by atoms with E-state index in [0.29, 0.717) is 52.4 Å². The minimum atomic E-state index is -5.06. The number of aliphatic hydroxyl groups excluding tert-OH is 8. The van der Waals surface area contributed by atoms with Crippen LogP contribution in [0, 0.1) is 13.8 Å². The molecule has 0 spiro atoms. The summed E-state index contributed by atoms with van der Waals surface area (Å²) in [5, 5.41) is 119. The van der Waals surface area contributed by atoms with Gasteiger partial charge in [0.25, 0.3) is 40.5 Å². The SMILES string of the molecule is Cc1cc(S(=O)(=O)O)ccc1N=Nc1c(S(=O)(=O)O)cc2cc(NC(=O)Nc3ccc4c(O)c(N=Nc5ccc(S(=O)(=O)O)cc5C)c(S(=O)(=O)O)cc4c3)ccc2c1O.OCCNCCO.OCCNCCO.OCCNCCO.OCCNCCO. The molecule has 0 bridgehead atoms. The Balaban J connectivity index is 0.000000777. The Kier molecular flexibility index (Phi) is 33.7. The summed E-state index contributed by atoms with van der Waals surface area (Å²) in [6.45, 7) is 8.53. The number of aryl methyl sites for hydroxylation is 2. The summed E-state index contributed by atoms with van der Waals surface area (Å²) in [5.41, 5.74) is -0.760. The third kappa shape index (κ3) is 26.4. The van der Waals surface area contributed by atoms with Crippen molar-refractivity contribution in [2.75, 3.05) is 116 Å². The van der Waals surface area contributed by atoms with Crippen LogP contribution in [0.15, 0.2) is 125 Å². The molecule has 6 aromatic rings. The highest BCUT2D eigenvalue weighted by atomic mass is 32.2. The number of rotatable bonds is 26. The summed E-state index contributed by atoms with van der Waals surface area (Å²) in [4.78, 5) is 10.4. The molecule has 0 aliphatic heterocycles. The van der Waals surface area contributed by atoms with Gasteiger partial charge in [0.1, 0.15) is 21.2 Å². The van der Waals surface area contributed by atoms with Gasteiger partial charge in [-0.15, -0.1) is 10.2 Å². The zero-order valence-corrected chi connectivity index (χ0v) is 50.5. The molecular weight excluding hydrogens is 1250 g/mol. The molecule has 0 saturated heterocycles. The van der Waals surface area contributed by atoms with Crippen LogP contribution in [0.5, 0.6) is 11.5 Å². The average molecular weight is 1320 g/mol. The van der Waals surface area contributed by atoms with Crippen LogP contribution in [-0.4, -0.2) is 214 Å². The number of nitrogens with zero attached hydrogens (tertiary/aromatic N) is 4. The summed E-state index contributed by atoms with van der Waals surface area (Å²) < 4.78 is 134. The number of aliphatic hydroxyl groups is 8. The van der Waals surface area contributed by atoms with Crippen molar-refractivity contribution in [2.24, 2.45) is 20.5 Å². The molecule has 0 aromatic heterocycles. The van der Waals surface area contributed by atoms with E-state index in [2.05, 4.69) is 52.4 Å². The van der Waals surface area contributed by atoms with Gasteiger partial charge in [-0.3, -0.25) is 18.2 Å². The zero-order valence-electron chi connectivity index (χ0n) is 47.3. The summed E-state index contributed by atoms with van der Waals surface area (Å²) in [6.07, 6.45) is 0. The van der Waals surface area contributed by atoms with Crippen molar-refractivity contribution in [1.29, 1.82) is 0 Å². The normalized spacial score (nSPS) is 11.7. The molecule has 2 amide bonds. The lowest BCUT2D eigenvalue weighted by Gasteiger charge is -2.13. The summed E-state index contributed by atoms with van der Waals surface area (Å²) in [7, 11) is -19.2. The number of hydrogen-bond donors (Lipinski definition) is 20. The van der Waals surface area contributed by atoms with Gasteiger partial charge >= 0.3 is 6.03 Å². The van der Waals surface area contributed by atoms with E-state index in [9.17, 15) is 66.9 Å². The highest BCUT2D eigenvalue weighted by Crippen LogP contribution is 2.44. The second-order valence-corrected chi connectivity index (χ2v) is 23.2. The molecule has 0 aliphatic carbocycles. The highest BCUT2D eigenvalue weighted by Gasteiger charge is 2.25. The largest absolute Gasteiger partial charge is 0.505 e. The maximum Gasteiger partial charge on any atom is 0.323 e. The molecule has 0 atom stereocenters. The number of carbonyl (C=O) groups is 1. The van der Waals surface area contributed by atoms with Crippen LogP contribution in [0.1, 0.15) is 11.1 Å². The zero-order chi connectivity index (χ0) is 66.3. The molecule has 0 unspecified atom stereocenters. The van der Waals surface area contributed by atoms with Gasteiger partial charge in [0.15, 0.2) is 11.5 Å². The van der Waals surface area contributed by atoms with E-state index in [4.69, 9.17) is 40.9 Å². The lowest BCUT2D eigenvalue weighted by atomic mass is 10.1. The highest BCUT2D eigenvalue weighted by molar-refractivity contribution is 7.86. The van der Waals surface area contributed by atoms with Crippen molar-refractivity contribution in [1.82, 2.24) is 21.3 Å². The molecule has 488 valence electrons. The van der Waals surface area contributed by atoms with Crippen LogP contribution < -0.4 is 31.9 Å². The van der Waals surface area contributed by atoms with E-state index in [-0.39, 0.29) is 108 Å². The standard InChI is InChI=1S/C35H28N6O15S4.4C4H11NO2/c1-17-11-23(57(45,46)47)5-9-27(17)38-40-31-29(59(51,52)53)15-19-13-21(3-7-25(19)33(31)42)36-35(44)37-22-4-8-26-20(14-22)16-30(60(54,55)56)32(34(26)43)41-39-28-10-6-24(12-18(28)2)58(48,49)50;4*6-3-1-5-2-4-7/h3-16,42-43H,1-2H3,(H2,36,37,44)(H,45,46,47)(H,48,49,50)(H,51,52,53)(H,54,55,56);4*5-7H,1-4H2. The van der Waals surface area contributed by atoms with Gasteiger partial charge < -0.3 is 83.0 Å². The first kappa shape index (κ1) is 77.2. The quantitative estimate of drug-likeness (QED) is 0.0209. The fourth-order valence-electron chi connectivity index (χ4n) is 6.88. The molecule has 37 heteroatoms. The predicted octanol–water partition coefficient (Wildman–Crippen LogP) is 1.73. The number of fused-ring (bicyclic) bond motifs is 2. The van der Waals surface area contributed by atoms with Crippen molar-refractivity contribution >= 4 is 102 Å². The lowest BCUT2D eigenvalue weighted by Crippen LogP contribution is -2.21. The topological polar surface area (TPSA) is 558 Å². The van der Waals surface area contributed by atoms with Crippen molar-refractivity contribution in [3.63, 3.8) is 0 Å². The Morgan fingerprint density at radius 2 is 0.670 bits per heavy atom. The minimum absolute atomic E-state index is 0.00252. The third-order valence-electron chi connectivity index (χ3n) is 10.9. The Labute approximate surface area is 506 Å². The Morgan fingerprint density at radius 1 is 0.386 bits per heavy atom. The van der Waals surface area contributed by atoms with Crippen LogP contribution in [0.3, 0.4) is 0 Å². The van der Waals surface area contributed by atoms with E-state index in [1.165, 1.54) is 62.4 Å². The van der Waals surface area contributed by atoms with Gasteiger partial charge in [0.05, 0.1) is 74.0 Å². The number of urea groups is 1. The van der Waals surface area contributed by atoms with E-state index in [1.807, 2.05) is 0 Å². The van der Waals surface area contributed by atoms with Crippen LogP contribution in [0.25, 0.3) is 21.5 Å². The third-order valence-corrected chi connectivity index (χ3v) is 14.4. The van der Waals surface area contributed by atoms with Gasteiger partial charge in [0, 0.05) is 74.5 Å². The predicted molar refractivity (Wildman–Crippen MR) is 322 cm³/mol. The van der Waals surface area contributed by atoms with Crippen LogP contribution in [-0.2, 0) is 40.5 Å². The van der Waals surface area contributed by atoms with Crippen LogP contribution in [0.2, 0.25) is 0 Å². The van der Waals surface area contributed by atoms with Gasteiger partial charge in [-0.25, -0.2) is 4.79 Å². The molecule has 6 rings (SSSR count). The van der Waals surface area contributed by atoms with Crippen LogP contribution >= 0.6 is 0 Å². The number of azo groups is 2. The molecule has 0 radical (unpaired) electrons. The second kappa shape index (κ2) is 38.5. The molecule has 6 aromatic carbocycles. The number of hydrogen-bond acceptors (Lipinski definition) is 27. The number of carbonyl (C=O) groups excluding carboxylic acids is 1. The van der Waals surface area contributed by atoms with Crippen molar-refractivity contribution in [3.8, 4) is 11.5 Å². The van der Waals surface area contributed by atoms with Crippen LogP contribution in [0.4, 0.5) is 38.9 Å². The first-order chi connectivity index (χ1) is 41.5. The molecular formula is C51H72N10O23S4. The van der Waals surface area contributed by atoms with E-state index in [1.54, 1.807) is 0 Å². The molecule has 88 heavy (non-hydrogen) atoms. The number of nitrogens with one attached hydrogen (secondary N) is 6. The smallest absolute Gasteiger partial charge is 0.323 e.